The van der Waals surface area contributed by atoms with E-state index < -0.39 is 0 Å². The molecule has 0 saturated carbocycles. The van der Waals surface area contributed by atoms with Crippen LogP contribution < -0.4 is 0 Å². The first-order valence-electron chi connectivity index (χ1n) is 18.2. The fourth-order valence-corrected chi connectivity index (χ4v) is 17.5. The average Bonchev–Trinajstić information content (AvgIpc) is 3.68. The molecular weight excluding hydrogens is 849 g/mol. The highest BCUT2D eigenvalue weighted by molar-refractivity contribution is 8.45. The summed E-state index contributed by atoms with van der Waals surface area (Å²) >= 11 is 15.5. The molecule has 0 aromatic heterocycles. The summed E-state index contributed by atoms with van der Waals surface area (Å²) in [6.45, 7) is 9.87. The summed E-state index contributed by atoms with van der Waals surface area (Å²) in [5.41, 5.74) is 2.23. The molecule has 13 rings (SSSR count). The van der Waals surface area contributed by atoms with E-state index in [9.17, 15) is 0 Å². The molecular formula is C36H50O10S8. The summed E-state index contributed by atoms with van der Waals surface area (Å²) in [7, 11) is 0. The minimum absolute atomic E-state index is 0.218. The summed E-state index contributed by atoms with van der Waals surface area (Å²) in [5, 5.41) is 0. The fraction of sp³-hybridized carbons (Fsp3) is 0.667. The lowest BCUT2D eigenvalue weighted by atomic mass is 10.1. The van der Waals surface area contributed by atoms with Gasteiger partial charge in [-0.25, -0.2) is 0 Å². The quantitative estimate of drug-likeness (QED) is 0.253. The molecule has 12 aliphatic heterocycles. The van der Waals surface area contributed by atoms with Gasteiger partial charge in [0.25, 0.3) is 0 Å². The van der Waals surface area contributed by atoms with Crippen LogP contribution in [0.25, 0.3) is 0 Å². The van der Waals surface area contributed by atoms with E-state index in [0.717, 1.165) is 34.1 Å². The van der Waals surface area contributed by atoms with Gasteiger partial charge in [0, 0.05) is 23.0 Å². The number of hydrogen-bond donors (Lipinski definition) is 0. The maximum atomic E-state index is 6.19. The molecule has 12 heterocycles. The first kappa shape index (κ1) is 44.4. The van der Waals surface area contributed by atoms with Crippen LogP contribution in [0.1, 0.15) is 11.1 Å². The van der Waals surface area contributed by atoms with Gasteiger partial charge in [-0.3, -0.25) is 0 Å². The lowest BCUT2D eigenvalue weighted by molar-refractivity contribution is -0.0176. The van der Waals surface area contributed by atoms with Crippen molar-refractivity contribution in [1.29, 1.82) is 0 Å². The normalized spacial score (nSPS) is 27.0. The SMILES string of the molecule is c1cc2ccc1COCCOCCOCCOCCOC1CSC3=C(SC1)SC(=C1SC4=C(SCC(CS4)OCCOCCOCCOCCOC2)S1)S3. The lowest BCUT2D eigenvalue weighted by Crippen LogP contribution is -2.21. The molecule has 12 aliphatic rings. The van der Waals surface area contributed by atoms with Gasteiger partial charge in [-0.15, -0.1) is 47.0 Å². The Morgan fingerprint density at radius 3 is 0.870 bits per heavy atom. The van der Waals surface area contributed by atoms with Crippen molar-refractivity contribution >= 4 is 94.1 Å². The zero-order valence-corrected chi connectivity index (χ0v) is 36.9. The van der Waals surface area contributed by atoms with E-state index in [1.807, 2.05) is 94.1 Å². The topological polar surface area (TPSA) is 92.3 Å². The first-order chi connectivity index (χ1) is 26.8. The van der Waals surface area contributed by atoms with E-state index in [4.69, 9.17) is 47.4 Å². The summed E-state index contributed by atoms with van der Waals surface area (Å²) in [6.07, 6.45) is 0.435. The highest BCUT2D eigenvalue weighted by atomic mass is 32.3. The molecule has 0 unspecified atom stereocenters. The lowest BCUT2D eigenvalue weighted by Gasteiger charge is -2.16. The monoisotopic (exact) mass is 898 g/mol. The molecule has 0 amide bonds. The fourth-order valence-electron chi connectivity index (χ4n) is 5.01. The van der Waals surface area contributed by atoms with E-state index in [-0.39, 0.29) is 12.2 Å². The van der Waals surface area contributed by atoms with Crippen LogP contribution in [-0.4, -0.2) is 141 Å². The molecule has 0 atom stereocenters. The van der Waals surface area contributed by atoms with Crippen molar-refractivity contribution in [1.82, 2.24) is 0 Å². The molecule has 0 N–H and O–H groups in total. The van der Waals surface area contributed by atoms with Crippen molar-refractivity contribution in [3.63, 3.8) is 0 Å². The summed E-state index contributed by atoms with van der Waals surface area (Å²) in [4.78, 5) is 0. The third-order valence-corrected chi connectivity index (χ3v) is 19.9. The van der Waals surface area contributed by atoms with Crippen molar-refractivity contribution < 1.29 is 47.4 Å². The van der Waals surface area contributed by atoms with Crippen LogP contribution in [0.2, 0.25) is 0 Å². The highest BCUT2D eigenvalue weighted by Gasteiger charge is 2.34. The molecule has 0 aliphatic carbocycles. The zero-order valence-electron chi connectivity index (χ0n) is 30.4. The van der Waals surface area contributed by atoms with Gasteiger partial charge in [0.2, 0.25) is 0 Å². The van der Waals surface area contributed by atoms with E-state index in [1.165, 1.54) is 25.4 Å². The van der Waals surface area contributed by atoms with Crippen LogP contribution >= 0.6 is 94.1 Å². The summed E-state index contributed by atoms with van der Waals surface area (Å²) in [5.74, 6) is 3.87. The maximum absolute atomic E-state index is 6.19. The van der Waals surface area contributed by atoms with Crippen LogP contribution in [0, 0.1) is 0 Å². The molecule has 54 heavy (non-hydrogen) atoms. The van der Waals surface area contributed by atoms with Gasteiger partial charge >= 0.3 is 0 Å². The number of rotatable bonds is 0. The molecule has 0 saturated heterocycles. The van der Waals surface area contributed by atoms with Crippen LogP contribution in [0.5, 0.6) is 0 Å². The van der Waals surface area contributed by atoms with Crippen molar-refractivity contribution in [2.75, 3.05) is 129 Å². The van der Waals surface area contributed by atoms with Gasteiger partial charge in [-0.2, -0.15) is 0 Å². The van der Waals surface area contributed by atoms with Crippen LogP contribution in [0.4, 0.5) is 0 Å². The van der Waals surface area contributed by atoms with Gasteiger partial charge in [0.15, 0.2) is 0 Å². The van der Waals surface area contributed by atoms with Crippen LogP contribution in [0.15, 0.2) is 49.7 Å². The third kappa shape index (κ3) is 16.5. The van der Waals surface area contributed by atoms with Gasteiger partial charge in [-0.1, -0.05) is 71.3 Å². The van der Waals surface area contributed by atoms with Gasteiger partial charge in [0.05, 0.1) is 157 Å². The summed E-state index contributed by atoms with van der Waals surface area (Å²) in [6, 6.07) is 8.27. The zero-order chi connectivity index (χ0) is 36.9. The molecule has 1 aromatic carbocycles. The standard InChI is InChI=1S/C36H50O10S8/c1-2-28-4-3-27(1)21-43-15-13-39-7-5-37-9-11-41-17-19-45-29-23-47-31-32(48-24-29)52-35(51-31)36-53-33-34(54-36)50-26-30(25-49-33)46-20-18-42-12-10-38-6-8-40-14-16-44-22-28/h1-4,29-30H,5-26H2. The Morgan fingerprint density at radius 2 is 0.574 bits per heavy atom. The van der Waals surface area contributed by atoms with Gasteiger partial charge in [0.1, 0.15) is 0 Å². The van der Waals surface area contributed by atoms with E-state index >= 15 is 0 Å². The smallest absolute Gasteiger partial charge is 0.0764 e. The number of thioether (sulfide) groups is 8. The second kappa shape index (κ2) is 26.8. The molecule has 1 aromatic rings. The Balaban J connectivity index is 0.876. The van der Waals surface area contributed by atoms with Crippen molar-refractivity contribution in [2.24, 2.45) is 0 Å². The molecule has 18 heteroatoms. The van der Waals surface area contributed by atoms with Crippen molar-refractivity contribution in [3.8, 4) is 0 Å². The maximum Gasteiger partial charge on any atom is 0.0764 e. The molecule has 0 fully saturated rings. The number of benzene rings is 1. The highest BCUT2D eigenvalue weighted by Crippen LogP contribution is 2.67. The minimum atomic E-state index is 0.218. The Bertz CT molecular complexity index is 1210. The van der Waals surface area contributed by atoms with Crippen molar-refractivity contribution in [2.45, 2.75) is 25.4 Å². The second-order valence-electron chi connectivity index (χ2n) is 12.0. The third-order valence-electron chi connectivity index (χ3n) is 7.80. The van der Waals surface area contributed by atoms with Crippen LogP contribution in [-0.2, 0) is 60.6 Å². The van der Waals surface area contributed by atoms with Gasteiger partial charge in [-0.05, 0) is 11.1 Å². The largest absolute Gasteiger partial charge is 0.377 e. The predicted octanol–water partition coefficient (Wildman–Crippen LogP) is 7.90. The number of hydrogen-bond acceptors (Lipinski definition) is 18. The predicted molar refractivity (Wildman–Crippen MR) is 231 cm³/mol. The van der Waals surface area contributed by atoms with E-state index in [0.29, 0.717) is 119 Å². The average molecular weight is 899 g/mol. The van der Waals surface area contributed by atoms with Crippen LogP contribution in [0.3, 0.4) is 0 Å². The van der Waals surface area contributed by atoms with Gasteiger partial charge < -0.3 is 47.4 Å². The number of ether oxygens (including phenoxy) is 10. The van der Waals surface area contributed by atoms with E-state index in [1.54, 1.807) is 0 Å². The Labute approximate surface area is 353 Å². The molecule has 0 radical (unpaired) electrons. The molecule has 10 nitrogen and oxygen atoms in total. The van der Waals surface area contributed by atoms with E-state index in [2.05, 4.69) is 24.3 Å². The first-order valence-corrected chi connectivity index (χ1v) is 25.4. The Morgan fingerprint density at radius 1 is 0.315 bits per heavy atom. The molecule has 10 bridgehead atoms. The Kier molecular flexibility index (Phi) is 22.1. The van der Waals surface area contributed by atoms with Crippen molar-refractivity contribution in [3.05, 3.63) is 60.8 Å². The Hall–Kier alpha value is 0.840. The molecule has 0 spiro atoms. The minimum Gasteiger partial charge on any atom is -0.377 e. The second-order valence-corrected chi connectivity index (χ2v) is 21.7. The molecule has 302 valence electrons. The summed E-state index contributed by atoms with van der Waals surface area (Å²) < 4.78 is 66.5.